The van der Waals surface area contributed by atoms with E-state index in [4.69, 9.17) is 21.1 Å². The highest BCUT2D eigenvalue weighted by atomic mass is 35.5. The van der Waals surface area contributed by atoms with E-state index < -0.39 is 11.9 Å². The van der Waals surface area contributed by atoms with Crippen molar-refractivity contribution in [3.8, 4) is 11.5 Å². The first kappa shape index (κ1) is 21.4. The van der Waals surface area contributed by atoms with Crippen molar-refractivity contribution in [2.75, 3.05) is 44.8 Å². The van der Waals surface area contributed by atoms with Gasteiger partial charge in [0.2, 0.25) is 12.7 Å². The van der Waals surface area contributed by atoms with E-state index in [9.17, 15) is 14.0 Å². The number of ether oxygens (including phenoxy) is 2. The summed E-state index contributed by atoms with van der Waals surface area (Å²) < 4.78 is 24.5. The zero-order valence-corrected chi connectivity index (χ0v) is 17.5. The maximum absolute atomic E-state index is 14.0. The molecule has 0 bridgehead atoms. The number of halogens is 2. The monoisotopic (exact) mass is 448 g/mol. The standard InChI is InChI=1S/C21H22ClFN4O4/c22-16-2-1-3-17(23)15(16)11-26-6-8-27(9-7-26)12-20(28)25-21(29)24-14-4-5-18-19(10-14)31-13-30-18/h1-5,10H,6-9,11-13H2,(H2,24,25,28,29). The third-order valence-electron chi connectivity index (χ3n) is 5.16. The Morgan fingerprint density at radius 2 is 1.77 bits per heavy atom. The first-order chi connectivity index (χ1) is 15.0. The van der Waals surface area contributed by atoms with Gasteiger partial charge in [-0.25, -0.2) is 9.18 Å². The average molecular weight is 449 g/mol. The Hall–Kier alpha value is -2.88. The van der Waals surface area contributed by atoms with E-state index in [2.05, 4.69) is 15.5 Å². The molecule has 2 aliphatic heterocycles. The van der Waals surface area contributed by atoms with Crippen molar-refractivity contribution < 1.29 is 23.5 Å². The molecule has 2 N–H and O–H groups in total. The van der Waals surface area contributed by atoms with Gasteiger partial charge in [-0.15, -0.1) is 0 Å². The van der Waals surface area contributed by atoms with Crippen LogP contribution < -0.4 is 20.1 Å². The van der Waals surface area contributed by atoms with Gasteiger partial charge in [0.25, 0.3) is 0 Å². The molecule has 2 aliphatic rings. The summed E-state index contributed by atoms with van der Waals surface area (Å²) in [7, 11) is 0. The molecular weight excluding hydrogens is 427 g/mol. The first-order valence-electron chi connectivity index (χ1n) is 9.86. The summed E-state index contributed by atoms with van der Waals surface area (Å²) in [5.74, 6) is 0.434. The number of fused-ring (bicyclic) bond motifs is 1. The molecule has 0 spiro atoms. The smallest absolute Gasteiger partial charge is 0.325 e. The Morgan fingerprint density at radius 3 is 2.55 bits per heavy atom. The lowest BCUT2D eigenvalue weighted by atomic mass is 10.2. The molecule has 3 amide bonds. The minimum absolute atomic E-state index is 0.100. The van der Waals surface area contributed by atoms with Gasteiger partial charge in [-0.2, -0.15) is 0 Å². The van der Waals surface area contributed by atoms with Crippen LogP contribution in [-0.2, 0) is 11.3 Å². The van der Waals surface area contributed by atoms with Gasteiger partial charge < -0.3 is 14.8 Å². The number of anilines is 1. The van der Waals surface area contributed by atoms with Crippen molar-refractivity contribution in [2.45, 2.75) is 6.54 Å². The van der Waals surface area contributed by atoms with E-state index in [0.717, 1.165) is 0 Å². The second-order valence-electron chi connectivity index (χ2n) is 7.32. The molecule has 8 nitrogen and oxygen atoms in total. The predicted molar refractivity (Wildman–Crippen MR) is 113 cm³/mol. The normalized spacial score (nSPS) is 16.2. The molecule has 0 radical (unpaired) electrons. The Balaban J connectivity index is 1.20. The minimum Gasteiger partial charge on any atom is -0.454 e. The number of nitrogens with one attached hydrogen (secondary N) is 2. The third kappa shape index (κ3) is 5.43. The van der Waals surface area contributed by atoms with Crippen molar-refractivity contribution in [2.24, 2.45) is 0 Å². The van der Waals surface area contributed by atoms with Crippen molar-refractivity contribution in [1.82, 2.24) is 15.1 Å². The summed E-state index contributed by atoms with van der Waals surface area (Å²) >= 11 is 6.10. The molecule has 0 aromatic heterocycles. The number of amides is 3. The van der Waals surface area contributed by atoms with E-state index in [1.807, 2.05) is 4.90 Å². The number of hydrogen-bond acceptors (Lipinski definition) is 6. The first-order valence-corrected chi connectivity index (χ1v) is 10.2. The SMILES string of the molecule is O=C(CN1CCN(Cc2c(F)cccc2Cl)CC1)NC(=O)Nc1ccc2c(c1)OCO2. The molecule has 164 valence electrons. The zero-order valence-electron chi connectivity index (χ0n) is 16.7. The number of urea groups is 1. The van der Waals surface area contributed by atoms with E-state index in [0.29, 0.717) is 60.5 Å². The van der Waals surface area contributed by atoms with Crippen LogP contribution in [-0.4, -0.2) is 61.3 Å². The summed E-state index contributed by atoms with van der Waals surface area (Å²) in [5, 5.41) is 5.34. The summed E-state index contributed by atoms with van der Waals surface area (Å²) in [6.45, 7) is 3.26. The fraction of sp³-hybridized carbons (Fsp3) is 0.333. The van der Waals surface area contributed by atoms with Gasteiger partial charge in [0.1, 0.15) is 5.82 Å². The lowest BCUT2D eigenvalue weighted by Crippen LogP contribution is -2.50. The number of imide groups is 1. The molecule has 2 aromatic carbocycles. The molecule has 1 fully saturated rings. The number of nitrogens with zero attached hydrogens (tertiary/aromatic N) is 2. The van der Waals surface area contributed by atoms with Crippen molar-refractivity contribution >= 4 is 29.2 Å². The molecule has 0 unspecified atom stereocenters. The number of benzene rings is 2. The van der Waals surface area contributed by atoms with Crippen LogP contribution in [0.5, 0.6) is 11.5 Å². The lowest BCUT2D eigenvalue weighted by molar-refractivity contribution is -0.121. The lowest BCUT2D eigenvalue weighted by Gasteiger charge is -2.34. The highest BCUT2D eigenvalue weighted by molar-refractivity contribution is 6.31. The highest BCUT2D eigenvalue weighted by Crippen LogP contribution is 2.34. The molecule has 2 heterocycles. The molecule has 0 aliphatic carbocycles. The van der Waals surface area contributed by atoms with Crippen LogP contribution in [0.4, 0.5) is 14.9 Å². The van der Waals surface area contributed by atoms with Crippen LogP contribution in [0.2, 0.25) is 5.02 Å². The molecule has 0 saturated carbocycles. The van der Waals surface area contributed by atoms with E-state index in [1.165, 1.54) is 6.07 Å². The zero-order chi connectivity index (χ0) is 21.8. The second kappa shape index (κ2) is 9.51. The number of carbonyl (C=O) groups excluding carboxylic acids is 2. The largest absolute Gasteiger partial charge is 0.454 e. The highest BCUT2D eigenvalue weighted by Gasteiger charge is 2.22. The number of piperazine rings is 1. The molecule has 2 aromatic rings. The topological polar surface area (TPSA) is 83.1 Å². The fourth-order valence-corrected chi connectivity index (χ4v) is 3.74. The summed E-state index contributed by atoms with van der Waals surface area (Å²) in [4.78, 5) is 28.4. The van der Waals surface area contributed by atoms with Gasteiger partial charge in [-0.3, -0.25) is 19.9 Å². The van der Waals surface area contributed by atoms with Crippen LogP contribution in [0.3, 0.4) is 0 Å². The quantitative estimate of drug-likeness (QED) is 0.731. The van der Waals surface area contributed by atoms with Gasteiger partial charge in [-0.05, 0) is 24.3 Å². The average Bonchev–Trinajstić information content (AvgIpc) is 3.20. The van der Waals surface area contributed by atoms with Gasteiger partial charge in [0, 0.05) is 55.1 Å². The van der Waals surface area contributed by atoms with Crippen molar-refractivity contribution in [3.63, 3.8) is 0 Å². The Labute approximate surface area is 183 Å². The van der Waals surface area contributed by atoms with Gasteiger partial charge >= 0.3 is 6.03 Å². The number of hydrogen-bond donors (Lipinski definition) is 2. The Kier molecular flexibility index (Phi) is 6.55. The van der Waals surface area contributed by atoms with Crippen LogP contribution in [0, 0.1) is 5.82 Å². The van der Waals surface area contributed by atoms with Gasteiger partial charge in [0.05, 0.1) is 6.54 Å². The second-order valence-corrected chi connectivity index (χ2v) is 7.73. The maximum Gasteiger partial charge on any atom is 0.325 e. The van der Waals surface area contributed by atoms with Crippen molar-refractivity contribution in [1.29, 1.82) is 0 Å². The van der Waals surface area contributed by atoms with Gasteiger partial charge in [0.15, 0.2) is 11.5 Å². The van der Waals surface area contributed by atoms with Crippen LogP contribution in [0.1, 0.15) is 5.56 Å². The van der Waals surface area contributed by atoms with Crippen molar-refractivity contribution in [3.05, 3.63) is 52.8 Å². The van der Waals surface area contributed by atoms with E-state index in [1.54, 1.807) is 30.3 Å². The minimum atomic E-state index is -0.614. The number of carbonyl (C=O) groups is 2. The fourth-order valence-electron chi connectivity index (χ4n) is 3.52. The molecule has 4 rings (SSSR count). The van der Waals surface area contributed by atoms with E-state index >= 15 is 0 Å². The summed E-state index contributed by atoms with van der Waals surface area (Å²) in [5.41, 5.74) is 0.977. The molecular formula is C21H22ClFN4O4. The molecule has 10 heteroatoms. The van der Waals surface area contributed by atoms with Crippen LogP contribution >= 0.6 is 11.6 Å². The molecule has 0 atom stereocenters. The number of rotatable bonds is 5. The summed E-state index contributed by atoms with van der Waals surface area (Å²) in [6, 6.07) is 9.03. The third-order valence-corrected chi connectivity index (χ3v) is 5.51. The van der Waals surface area contributed by atoms with Crippen LogP contribution in [0.25, 0.3) is 0 Å². The van der Waals surface area contributed by atoms with Crippen LogP contribution in [0.15, 0.2) is 36.4 Å². The molecule has 31 heavy (non-hydrogen) atoms. The van der Waals surface area contributed by atoms with Gasteiger partial charge in [-0.1, -0.05) is 17.7 Å². The molecule has 1 saturated heterocycles. The Morgan fingerprint density at radius 1 is 1.03 bits per heavy atom. The Bertz CT molecular complexity index is 962. The summed E-state index contributed by atoms with van der Waals surface area (Å²) in [6.07, 6.45) is 0. The maximum atomic E-state index is 14.0. The predicted octanol–water partition coefficient (Wildman–Crippen LogP) is 2.67. The van der Waals surface area contributed by atoms with E-state index in [-0.39, 0.29) is 19.2 Å².